The van der Waals surface area contributed by atoms with E-state index in [1.54, 1.807) is 18.3 Å². The average Bonchev–Trinajstić information content (AvgIpc) is 3.61. The number of aromatic nitrogens is 5. The summed E-state index contributed by atoms with van der Waals surface area (Å²) >= 11 is 1.35. The molecule has 11 nitrogen and oxygen atoms in total. The molecule has 1 saturated heterocycles. The van der Waals surface area contributed by atoms with Gasteiger partial charge in [0.05, 0.1) is 25.5 Å². The highest BCUT2D eigenvalue weighted by molar-refractivity contribution is 7.18. The highest BCUT2D eigenvalue weighted by atomic mass is 32.1. The van der Waals surface area contributed by atoms with Crippen LogP contribution >= 0.6 is 11.3 Å². The molecule has 3 N–H and O–H groups in total. The fraction of sp³-hybridized carbons (Fsp3) is 0.400. The molecule has 0 amide bonds. The molecule has 6 rings (SSSR count). The molecule has 2 fully saturated rings. The molecule has 13 heteroatoms. The van der Waals surface area contributed by atoms with Crippen LogP contribution in [0.25, 0.3) is 22.2 Å². The van der Waals surface area contributed by atoms with Crippen LogP contribution in [0.15, 0.2) is 40.9 Å². The second kappa shape index (κ2) is 11.0. The number of halogens is 1. The molecule has 0 radical (unpaired) electrons. The Morgan fingerprint density at radius 3 is 2.55 bits per heavy atom. The van der Waals surface area contributed by atoms with Gasteiger partial charge in [-0.05, 0) is 49.9 Å². The lowest BCUT2D eigenvalue weighted by Crippen LogP contribution is -2.37. The molecule has 198 valence electrons. The number of benzene rings is 1. The number of nitrogens with zero attached hydrogens (tertiary/aromatic N) is 6. The molecule has 0 bridgehead atoms. The van der Waals surface area contributed by atoms with Crippen molar-refractivity contribution in [2.75, 3.05) is 41.8 Å². The zero-order chi connectivity index (χ0) is 25.9. The van der Waals surface area contributed by atoms with Crippen LogP contribution in [0.5, 0.6) is 0 Å². The molecule has 4 heterocycles. The lowest BCUT2D eigenvalue weighted by molar-refractivity contribution is 0.122. The molecule has 38 heavy (non-hydrogen) atoms. The zero-order valence-electron chi connectivity index (χ0n) is 20.5. The highest BCUT2D eigenvalue weighted by Crippen LogP contribution is 2.32. The third-order valence-corrected chi connectivity index (χ3v) is 7.45. The van der Waals surface area contributed by atoms with E-state index in [1.165, 1.54) is 23.5 Å². The van der Waals surface area contributed by atoms with Gasteiger partial charge in [0.25, 0.3) is 5.89 Å². The number of aliphatic hydroxyl groups excluding tert-OH is 1. The number of ether oxygens (including phenoxy) is 1. The van der Waals surface area contributed by atoms with E-state index in [4.69, 9.17) is 19.1 Å². The van der Waals surface area contributed by atoms with E-state index in [-0.39, 0.29) is 18.0 Å². The Kier molecular flexibility index (Phi) is 7.12. The van der Waals surface area contributed by atoms with E-state index in [2.05, 4.69) is 30.7 Å². The standard InChI is InChI=1S/C25H27FN8O3S/c26-16-3-1-15(2-4-16)22-32-33-23(37-22)19-14-27-25(38-19)30-20-13-21(34-9-11-36-12-10-34)31-24(29-20)28-17-5-7-18(35)8-6-17/h1-4,13-14,17-18,35H,5-12H2,(H2,27,28,29,30,31). The lowest BCUT2D eigenvalue weighted by Gasteiger charge is -2.29. The molecule has 1 aliphatic carbocycles. The smallest absolute Gasteiger partial charge is 0.259 e. The van der Waals surface area contributed by atoms with Gasteiger partial charge in [-0.15, -0.1) is 10.2 Å². The summed E-state index contributed by atoms with van der Waals surface area (Å²) in [6.45, 7) is 2.80. The summed E-state index contributed by atoms with van der Waals surface area (Å²) in [5.41, 5.74) is 0.636. The topological polar surface area (TPSA) is 134 Å². The zero-order valence-corrected chi connectivity index (χ0v) is 21.3. The van der Waals surface area contributed by atoms with Gasteiger partial charge in [-0.3, -0.25) is 0 Å². The van der Waals surface area contributed by atoms with Crippen molar-refractivity contribution in [1.82, 2.24) is 25.1 Å². The van der Waals surface area contributed by atoms with Crippen molar-refractivity contribution in [3.8, 4) is 22.2 Å². The first-order valence-electron chi connectivity index (χ1n) is 12.6. The van der Waals surface area contributed by atoms with E-state index in [0.717, 1.165) is 44.6 Å². The number of rotatable bonds is 7. The van der Waals surface area contributed by atoms with Gasteiger partial charge in [-0.1, -0.05) is 11.3 Å². The minimum Gasteiger partial charge on any atom is -0.415 e. The SMILES string of the molecule is OC1CCC(Nc2nc(Nc3ncc(-c4nnc(-c5ccc(F)cc5)o4)s3)cc(N3CCOCC3)n2)CC1. The van der Waals surface area contributed by atoms with Gasteiger partial charge in [0.1, 0.15) is 22.3 Å². The molecule has 0 unspecified atom stereocenters. The van der Waals surface area contributed by atoms with Crippen molar-refractivity contribution in [1.29, 1.82) is 0 Å². The molecule has 3 aromatic heterocycles. The average molecular weight is 539 g/mol. The summed E-state index contributed by atoms with van der Waals surface area (Å²) in [4.78, 5) is 16.8. The van der Waals surface area contributed by atoms with E-state index < -0.39 is 0 Å². The second-order valence-electron chi connectivity index (χ2n) is 9.26. The third kappa shape index (κ3) is 5.74. The van der Waals surface area contributed by atoms with Gasteiger partial charge < -0.3 is 29.8 Å². The lowest BCUT2D eigenvalue weighted by atomic mass is 9.93. The largest absolute Gasteiger partial charge is 0.415 e. The molecular weight excluding hydrogens is 511 g/mol. The van der Waals surface area contributed by atoms with Gasteiger partial charge in [0.15, 0.2) is 5.13 Å². The van der Waals surface area contributed by atoms with Gasteiger partial charge in [0, 0.05) is 30.8 Å². The van der Waals surface area contributed by atoms with Crippen LogP contribution in [0.3, 0.4) is 0 Å². The van der Waals surface area contributed by atoms with Crippen molar-refractivity contribution in [3.05, 3.63) is 42.3 Å². The molecular formula is C25H27FN8O3S. The van der Waals surface area contributed by atoms with Gasteiger partial charge in [-0.2, -0.15) is 9.97 Å². The summed E-state index contributed by atoms with van der Waals surface area (Å²) in [6, 6.07) is 8.00. The first kappa shape index (κ1) is 24.6. The van der Waals surface area contributed by atoms with Crippen LogP contribution in [0.1, 0.15) is 25.7 Å². The summed E-state index contributed by atoms with van der Waals surface area (Å²) < 4.78 is 24.5. The van der Waals surface area contributed by atoms with Crippen LogP contribution in [0.2, 0.25) is 0 Å². The Balaban J connectivity index is 1.21. The monoisotopic (exact) mass is 538 g/mol. The number of hydrogen-bond donors (Lipinski definition) is 3. The van der Waals surface area contributed by atoms with E-state index in [9.17, 15) is 9.50 Å². The van der Waals surface area contributed by atoms with Crippen molar-refractivity contribution in [2.24, 2.45) is 0 Å². The summed E-state index contributed by atoms with van der Waals surface area (Å²) in [5.74, 6) is 2.26. The number of aliphatic hydroxyl groups is 1. The van der Waals surface area contributed by atoms with Crippen molar-refractivity contribution in [2.45, 2.75) is 37.8 Å². The van der Waals surface area contributed by atoms with Crippen LogP contribution < -0.4 is 15.5 Å². The normalized spacial score (nSPS) is 19.9. The highest BCUT2D eigenvalue weighted by Gasteiger charge is 2.22. The molecule has 0 spiro atoms. The van der Waals surface area contributed by atoms with E-state index in [0.29, 0.717) is 52.3 Å². The minimum atomic E-state index is -0.330. The van der Waals surface area contributed by atoms with E-state index in [1.807, 2.05) is 6.07 Å². The molecule has 1 aliphatic heterocycles. The number of morpholine rings is 1. The molecule has 0 atom stereocenters. The number of thiazole rings is 1. The molecule has 2 aliphatic rings. The van der Waals surface area contributed by atoms with Gasteiger partial charge >= 0.3 is 0 Å². The Labute approximate surface area is 222 Å². The van der Waals surface area contributed by atoms with Crippen LogP contribution in [0, 0.1) is 5.82 Å². The van der Waals surface area contributed by atoms with Crippen molar-refractivity contribution < 1.29 is 18.7 Å². The predicted molar refractivity (Wildman–Crippen MR) is 141 cm³/mol. The maximum atomic E-state index is 13.2. The van der Waals surface area contributed by atoms with Crippen LogP contribution in [0.4, 0.5) is 27.1 Å². The fourth-order valence-electron chi connectivity index (χ4n) is 4.49. The Morgan fingerprint density at radius 2 is 1.76 bits per heavy atom. The Bertz CT molecular complexity index is 1370. The van der Waals surface area contributed by atoms with E-state index >= 15 is 0 Å². The van der Waals surface area contributed by atoms with Gasteiger partial charge in [-0.25, -0.2) is 9.37 Å². The van der Waals surface area contributed by atoms with Crippen molar-refractivity contribution >= 4 is 34.1 Å². The molecule has 1 saturated carbocycles. The maximum Gasteiger partial charge on any atom is 0.259 e. The first-order chi connectivity index (χ1) is 18.6. The quantitative estimate of drug-likeness (QED) is 0.314. The van der Waals surface area contributed by atoms with Gasteiger partial charge in [0.2, 0.25) is 11.8 Å². The van der Waals surface area contributed by atoms with Crippen molar-refractivity contribution in [3.63, 3.8) is 0 Å². The predicted octanol–water partition coefficient (Wildman–Crippen LogP) is 4.08. The number of hydrogen-bond acceptors (Lipinski definition) is 12. The maximum absolute atomic E-state index is 13.2. The number of anilines is 4. The number of nitrogens with one attached hydrogen (secondary N) is 2. The summed E-state index contributed by atoms with van der Waals surface area (Å²) in [6.07, 6.45) is 4.71. The summed E-state index contributed by atoms with van der Waals surface area (Å²) in [5, 5.41) is 25.4. The first-order valence-corrected chi connectivity index (χ1v) is 13.4. The summed E-state index contributed by atoms with van der Waals surface area (Å²) in [7, 11) is 0. The molecule has 1 aromatic carbocycles. The third-order valence-electron chi connectivity index (χ3n) is 6.55. The Morgan fingerprint density at radius 1 is 1.00 bits per heavy atom. The Hall–Kier alpha value is -3.68. The van der Waals surface area contributed by atoms with Crippen LogP contribution in [-0.4, -0.2) is 68.7 Å². The molecule has 4 aromatic rings. The minimum absolute atomic E-state index is 0.213. The fourth-order valence-corrected chi connectivity index (χ4v) is 5.24. The second-order valence-corrected chi connectivity index (χ2v) is 10.3. The van der Waals surface area contributed by atoms with Crippen LogP contribution in [-0.2, 0) is 4.74 Å².